The van der Waals surface area contributed by atoms with E-state index < -0.39 is 29.0 Å². The van der Waals surface area contributed by atoms with E-state index in [9.17, 15) is 22.8 Å². The maximum absolute atomic E-state index is 13.6. The summed E-state index contributed by atoms with van der Waals surface area (Å²) in [6, 6.07) is 9.41. The van der Waals surface area contributed by atoms with Crippen molar-refractivity contribution in [2.75, 3.05) is 25.5 Å². The number of carbonyl (C=O) groups is 2. The number of benzene rings is 2. The Morgan fingerprint density at radius 1 is 0.966 bits per heavy atom. The highest BCUT2D eigenvalue weighted by Crippen LogP contribution is 2.19. The Balaban J connectivity index is 1.88. The Bertz CT molecular complexity index is 872. The fraction of sp³-hybridized carbons (Fsp3) is 0.333. The summed E-state index contributed by atoms with van der Waals surface area (Å²) in [5, 5.41) is 5.13. The lowest BCUT2D eigenvalue weighted by molar-refractivity contribution is -0.862. The number of rotatable bonds is 8. The Morgan fingerprint density at radius 3 is 2.21 bits per heavy atom. The van der Waals surface area contributed by atoms with E-state index >= 15 is 0 Å². The van der Waals surface area contributed by atoms with E-state index in [0.717, 1.165) is 23.3 Å². The second kappa shape index (κ2) is 10.1. The van der Waals surface area contributed by atoms with Crippen LogP contribution in [0.4, 0.5) is 18.9 Å². The number of halogens is 3. The Hall–Kier alpha value is -2.87. The molecule has 2 aromatic rings. The van der Waals surface area contributed by atoms with Crippen LogP contribution in [0.1, 0.15) is 30.5 Å². The average Bonchev–Trinajstić information content (AvgIpc) is 2.67. The first kappa shape index (κ1) is 22.4. The van der Waals surface area contributed by atoms with Gasteiger partial charge in [-0.1, -0.05) is 36.8 Å². The molecule has 3 N–H and O–H groups in total. The summed E-state index contributed by atoms with van der Waals surface area (Å²) in [6.07, 6.45) is 0.712. The zero-order valence-electron chi connectivity index (χ0n) is 16.6. The summed E-state index contributed by atoms with van der Waals surface area (Å²) < 4.78 is 39.8. The molecule has 0 saturated heterocycles. The Labute approximate surface area is 167 Å². The molecule has 0 saturated carbocycles. The van der Waals surface area contributed by atoms with E-state index in [1.165, 1.54) is 0 Å². The molecule has 2 aromatic carbocycles. The Kier molecular flexibility index (Phi) is 7.78. The maximum atomic E-state index is 13.6. The minimum atomic E-state index is -1.65. The monoisotopic (exact) mass is 408 g/mol. The Morgan fingerprint density at radius 2 is 1.59 bits per heavy atom. The molecular weight excluding hydrogens is 383 g/mol. The number of hydrogen-bond acceptors (Lipinski definition) is 2. The predicted molar refractivity (Wildman–Crippen MR) is 104 cm³/mol. The first-order chi connectivity index (χ1) is 13.7. The summed E-state index contributed by atoms with van der Waals surface area (Å²) in [5.74, 6) is -5.30. The van der Waals surface area contributed by atoms with Crippen LogP contribution in [0.25, 0.3) is 0 Å². The van der Waals surface area contributed by atoms with Gasteiger partial charge in [0, 0.05) is 0 Å². The molecule has 0 aromatic heterocycles. The van der Waals surface area contributed by atoms with Crippen molar-refractivity contribution < 1.29 is 27.7 Å². The van der Waals surface area contributed by atoms with Crippen molar-refractivity contribution in [1.29, 1.82) is 0 Å². The van der Waals surface area contributed by atoms with E-state index in [0.29, 0.717) is 11.3 Å². The second-order valence-electron chi connectivity index (χ2n) is 7.02. The molecule has 0 aliphatic rings. The standard InChI is InChI=1S/C21H24F3N3O2/c1-4-16(14-7-5-13(2)6-8-14)25-18(28)11-27(3)12-19(29)26-17-10-9-15(22)20(23)21(17)24/h5-10,16H,4,11-12H2,1-3H3,(H,25,28)(H,26,29)/p+1/t16-/m1/s1. The number of anilines is 1. The summed E-state index contributed by atoms with van der Waals surface area (Å²) in [4.78, 5) is 24.9. The first-order valence-electron chi connectivity index (χ1n) is 9.31. The highest BCUT2D eigenvalue weighted by Gasteiger charge is 2.20. The van der Waals surface area contributed by atoms with Crippen LogP contribution in [-0.4, -0.2) is 32.0 Å². The van der Waals surface area contributed by atoms with Crippen molar-refractivity contribution in [3.8, 4) is 0 Å². The lowest BCUT2D eigenvalue weighted by Crippen LogP contribution is -3.11. The summed E-state index contributed by atoms with van der Waals surface area (Å²) in [5.41, 5.74) is 1.68. The number of quaternary nitrogens is 1. The second-order valence-corrected chi connectivity index (χ2v) is 7.02. The lowest BCUT2D eigenvalue weighted by Gasteiger charge is -2.19. The van der Waals surface area contributed by atoms with Gasteiger partial charge in [0.05, 0.1) is 18.8 Å². The van der Waals surface area contributed by atoms with Gasteiger partial charge in [-0.15, -0.1) is 0 Å². The zero-order valence-corrected chi connectivity index (χ0v) is 16.6. The van der Waals surface area contributed by atoms with Crippen LogP contribution in [0, 0.1) is 24.4 Å². The molecule has 0 radical (unpaired) electrons. The minimum Gasteiger partial charge on any atom is -0.344 e. The zero-order chi connectivity index (χ0) is 21.6. The van der Waals surface area contributed by atoms with E-state index in [2.05, 4.69) is 10.6 Å². The average molecular weight is 408 g/mol. The molecule has 2 atom stereocenters. The van der Waals surface area contributed by atoms with E-state index in [1.54, 1.807) is 7.05 Å². The van der Waals surface area contributed by atoms with Gasteiger partial charge < -0.3 is 15.5 Å². The van der Waals surface area contributed by atoms with Crippen LogP contribution < -0.4 is 15.5 Å². The van der Waals surface area contributed by atoms with Gasteiger partial charge in [0.15, 0.2) is 30.5 Å². The normalized spacial score (nSPS) is 12.9. The summed E-state index contributed by atoms with van der Waals surface area (Å²) >= 11 is 0. The third-order valence-electron chi connectivity index (χ3n) is 4.46. The molecular formula is C21H25F3N3O2+. The van der Waals surface area contributed by atoms with Gasteiger partial charge in [-0.2, -0.15) is 0 Å². The van der Waals surface area contributed by atoms with Crippen LogP contribution in [0.5, 0.6) is 0 Å². The summed E-state index contributed by atoms with van der Waals surface area (Å²) in [6.45, 7) is 3.83. The van der Waals surface area contributed by atoms with Crippen molar-refractivity contribution >= 4 is 17.5 Å². The number of carbonyl (C=O) groups excluding carboxylic acids is 2. The fourth-order valence-corrected chi connectivity index (χ4v) is 2.89. The van der Waals surface area contributed by atoms with Gasteiger partial charge in [0.1, 0.15) is 0 Å². The lowest BCUT2D eigenvalue weighted by atomic mass is 10.0. The number of likely N-dealkylation sites (N-methyl/N-ethyl adjacent to an activating group) is 1. The molecule has 29 heavy (non-hydrogen) atoms. The topological polar surface area (TPSA) is 62.6 Å². The van der Waals surface area contributed by atoms with Crippen LogP contribution in [-0.2, 0) is 9.59 Å². The predicted octanol–water partition coefficient (Wildman–Crippen LogP) is 2.13. The van der Waals surface area contributed by atoms with Gasteiger partial charge in [0.2, 0.25) is 0 Å². The van der Waals surface area contributed by atoms with Gasteiger partial charge in [-0.25, -0.2) is 13.2 Å². The molecule has 0 fully saturated rings. The van der Waals surface area contributed by atoms with Crippen molar-refractivity contribution in [3.05, 3.63) is 65.0 Å². The van der Waals surface area contributed by atoms with E-state index in [1.807, 2.05) is 38.1 Å². The molecule has 0 bridgehead atoms. The fourth-order valence-electron chi connectivity index (χ4n) is 2.89. The number of nitrogens with one attached hydrogen (secondary N) is 3. The van der Waals surface area contributed by atoms with Gasteiger partial charge in [-0.3, -0.25) is 9.59 Å². The smallest absolute Gasteiger partial charge is 0.279 e. The quantitative estimate of drug-likeness (QED) is 0.586. The van der Waals surface area contributed by atoms with Gasteiger partial charge >= 0.3 is 0 Å². The van der Waals surface area contributed by atoms with E-state index in [4.69, 9.17) is 0 Å². The van der Waals surface area contributed by atoms with E-state index in [-0.39, 0.29) is 25.0 Å². The third-order valence-corrected chi connectivity index (χ3v) is 4.46. The van der Waals surface area contributed by atoms with Crippen LogP contribution in [0.3, 0.4) is 0 Å². The highest BCUT2D eigenvalue weighted by atomic mass is 19.2. The van der Waals surface area contributed by atoms with Crippen LogP contribution in [0.15, 0.2) is 36.4 Å². The molecule has 0 spiro atoms. The molecule has 0 aliphatic carbocycles. The van der Waals surface area contributed by atoms with Crippen molar-refractivity contribution in [1.82, 2.24) is 5.32 Å². The number of aryl methyl sites for hydroxylation is 1. The molecule has 2 rings (SSSR count). The first-order valence-corrected chi connectivity index (χ1v) is 9.31. The maximum Gasteiger partial charge on any atom is 0.279 e. The molecule has 0 heterocycles. The molecule has 5 nitrogen and oxygen atoms in total. The van der Waals surface area contributed by atoms with Crippen LogP contribution in [0.2, 0.25) is 0 Å². The van der Waals surface area contributed by atoms with Gasteiger partial charge in [0.25, 0.3) is 11.8 Å². The molecule has 8 heteroatoms. The number of hydrogen-bond donors (Lipinski definition) is 3. The SMILES string of the molecule is CC[C@@H](NC(=O)C[NH+](C)CC(=O)Nc1ccc(F)c(F)c1F)c1ccc(C)cc1. The highest BCUT2D eigenvalue weighted by molar-refractivity contribution is 5.91. The summed E-state index contributed by atoms with van der Waals surface area (Å²) in [7, 11) is 1.63. The molecule has 0 aliphatic heterocycles. The number of amides is 2. The third kappa shape index (κ3) is 6.32. The minimum absolute atomic E-state index is 0.0239. The van der Waals surface area contributed by atoms with Crippen molar-refractivity contribution in [2.24, 2.45) is 0 Å². The van der Waals surface area contributed by atoms with Crippen molar-refractivity contribution in [2.45, 2.75) is 26.3 Å². The van der Waals surface area contributed by atoms with Crippen LogP contribution >= 0.6 is 0 Å². The van der Waals surface area contributed by atoms with Gasteiger partial charge in [-0.05, 0) is 31.0 Å². The molecule has 1 unspecified atom stereocenters. The largest absolute Gasteiger partial charge is 0.344 e. The van der Waals surface area contributed by atoms with Crippen molar-refractivity contribution in [3.63, 3.8) is 0 Å². The molecule has 156 valence electrons. The molecule has 2 amide bonds.